The minimum atomic E-state index is 0.427. The largest absolute Gasteiger partial charge is 0.370 e. The molecule has 2 heterocycles. The second kappa shape index (κ2) is 5.76. The fraction of sp³-hybridized carbons (Fsp3) is 0.733. The molecule has 0 spiro atoms. The predicted octanol–water partition coefficient (Wildman–Crippen LogP) is 3.12. The first-order valence-corrected chi connectivity index (χ1v) is 7.38. The molecule has 1 aliphatic heterocycles. The van der Waals surface area contributed by atoms with Gasteiger partial charge in [-0.15, -0.1) is 0 Å². The van der Waals surface area contributed by atoms with E-state index >= 15 is 0 Å². The zero-order valence-corrected chi connectivity index (χ0v) is 12.8. The van der Waals surface area contributed by atoms with Gasteiger partial charge in [0.25, 0.3) is 0 Å². The van der Waals surface area contributed by atoms with Crippen molar-refractivity contribution in [3.05, 3.63) is 11.9 Å². The van der Waals surface area contributed by atoms with Crippen LogP contribution in [0.4, 0.5) is 11.6 Å². The molecule has 4 heteroatoms. The third-order valence-corrected chi connectivity index (χ3v) is 4.07. The SMILES string of the molecule is CCNc1ncnc(N2CC(C)C(C)C2)c1C(C)C. The summed E-state index contributed by atoms with van der Waals surface area (Å²) < 4.78 is 0. The fourth-order valence-electron chi connectivity index (χ4n) is 2.78. The third-order valence-electron chi connectivity index (χ3n) is 4.07. The molecule has 0 amide bonds. The van der Waals surface area contributed by atoms with E-state index in [-0.39, 0.29) is 0 Å². The summed E-state index contributed by atoms with van der Waals surface area (Å²) in [6.45, 7) is 14.3. The average molecular weight is 262 g/mol. The molecule has 1 fully saturated rings. The van der Waals surface area contributed by atoms with E-state index in [1.165, 1.54) is 5.56 Å². The lowest BCUT2D eigenvalue weighted by molar-refractivity contribution is 0.494. The molecule has 1 N–H and O–H groups in total. The molecule has 1 aliphatic rings. The van der Waals surface area contributed by atoms with Gasteiger partial charge in [-0.1, -0.05) is 27.7 Å². The van der Waals surface area contributed by atoms with Crippen LogP contribution in [0.1, 0.15) is 46.1 Å². The molecule has 0 saturated carbocycles. The molecule has 19 heavy (non-hydrogen) atoms. The van der Waals surface area contributed by atoms with Crippen LogP contribution >= 0.6 is 0 Å². The van der Waals surface area contributed by atoms with Gasteiger partial charge in [0.2, 0.25) is 0 Å². The van der Waals surface area contributed by atoms with Gasteiger partial charge in [-0.3, -0.25) is 0 Å². The maximum absolute atomic E-state index is 4.57. The number of hydrogen-bond acceptors (Lipinski definition) is 4. The number of hydrogen-bond donors (Lipinski definition) is 1. The van der Waals surface area contributed by atoms with E-state index in [0.29, 0.717) is 5.92 Å². The number of nitrogens with zero attached hydrogens (tertiary/aromatic N) is 3. The van der Waals surface area contributed by atoms with Crippen LogP contribution in [0.25, 0.3) is 0 Å². The highest BCUT2D eigenvalue weighted by molar-refractivity contribution is 5.60. The van der Waals surface area contributed by atoms with Crippen molar-refractivity contribution in [2.75, 3.05) is 29.9 Å². The summed E-state index contributed by atoms with van der Waals surface area (Å²) in [5.41, 5.74) is 1.26. The summed E-state index contributed by atoms with van der Waals surface area (Å²) in [6, 6.07) is 0. The lowest BCUT2D eigenvalue weighted by Crippen LogP contribution is -2.24. The molecule has 0 bridgehead atoms. The van der Waals surface area contributed by atoms with E-state index in [1.54, 1.807) is 6.33 Å². The Morgan fingerprint density at radius 2 is 1.89 bits per heavy atom. The van der Waals surface area contributed by atoms with E-state index in [9.17, 15) is 0 Å². The summed E-state index contributed by atoms with van der Waals surface area (Å²) in [5.74, 6) is 4.01. The fourth-order valence-corrected chi connectivity index (χ4v) is 2.78. The molecule has 1 aromatic rings. The second-order valence-corrected chi connectivity index (χ2v) is 6.00. The third kappa shape index (κ3) is 2.82. The van der Waals surface area contributed by atoms with Gasteiger partial charge >= 0.3 is 0 Å². The topological polar surface area (TPSA) is 41.1 Å². The Morgan fingerprint density at radius 1 is 1.26 bits per heavy atom. The molecule has 2 rings (SSSR count). The highest BCUT2D eigenvalue weighted by Gasteiger charge is 2.29. The zero-order valence-electron chi connectivity index (χ0n) is 12.8. The smallest absolute Gasteiger partial charge is 0.137 e. The maximum Gasteiger partial charge on any atom is 0.137 e. The van der Waals surface area contributed by atoms with Gasteiger partial charge in [-0.05, 0) is 24.7 Å². The highest BCUT2D eigenvalue weighted by Crippen LogP contribution is 2.34. The summed E-state index contributed by atoms with van der Waals surface area (Å²) >= 11 is 0. The Labute approximate surface area is 116 Å². The zero-order chi connectivity index (χ0) is 14.0. The number of anilines is 2. The minimum Gasteiger partial charge on any atom is -0.370 e. The van der Waals surface area contributed by atoms with Gasteiger partial charge < -0.3 is 10.2 Å². The van der Waals surface area contributed by atoms with Gasteiger partial charge in [-0.25, -0.2) is 9.97 Å². The number of aromatic nitrogens is 2. The lowest BCUT2D eigenvalue weighted by atomic mass is 10.0. The summed E-state index contributed by atoms with van der Waals surface area (Å²) in [7, 11) is 0. The Kier molecular flexibility index (Phi) is 4.27. The molecule has 0 radical (unpaired) electrons. The van der Waals surface area contributed by atoms with E-state index in [1.807, 2.05) is 0 Å². The van der Waals surface area contributed by atoms with Crippen LogP contribution in [0, 0.1) is 11.8 Å². The first-order chi connectivity index (χ1) is 9.04. The van der Waals surface area contributed by atoms with Gasteiger partial charge in [0.15, 0.2) is 0 Å². The van der Waals surface area contributed by atoms with Crippen molar-refractivity contribution < 1.29 is 0 Å². The molecule has 1 saturated heterocycles. The average Bonchev–Trinajstić information content (AvgIpc) is 2.69. The van der Waals surface area contributed by atoms with Gasteiger partial charge in [0.1, 0.15) is 18.0 Å². The first-order valence-electron chi connectivity index (χ1n) is 7.38. The van der Waals surface area contributed by atoms with Crippen molar-refractivity contribution in [3.8, 4) is 0 Å². The van der Waals surface area contributed by atoms with Crippen molar-refractivity contribution in [2.45, 2.75) is 40.5 Å². The number of rotatable bonds is 4. The van der Waals surface area contributed by atoms with E-state index in [2.05, 4.69) is 54.8 Å². The van der Waals surface area contributed by atoms with Gasteiger partial charge in [-0.2, -0.15) is 0 Å². The Balaban J connectivity index is 2.37. The summed E-state index contributed by atoms with van der Waals surface area (Å²) in [6.07, 6.45) is 1.69. The van der Waals surface area contributed by atoms with Crippen molar-refractivity contribution in [3.63, 3.8) is 0 Å². The van der Waals surface area contributed by atoms with Crippen LogP contribution in [0.15, 0.2) is 6.33 Å². The van der Waals surface area contributed by atoms with Crippen molar-refractivity contribution in [1.82, 2.24) is 9.97 Å². The maximum atomic E-state index is 4.57. The molecule has 2 unspecified atom stereocenters. The standard InChI is InChI=1S/C15H26N4/c1-6-16-14-13(10(2)3)15(18-9-17-14)19-7-11(4)12(5)8-19/h9-12H,6-8H2,1-5H3,(H,16,17,18). The Morgan fingerprint density at radius 3 is 2.42 bits per heavy atom. The molecule has 2 atom stereocenters. The molecule has 0 aliphatic carbocycles. The van der Waals surface area contributed by atoms with Crippen LogP contribution in [0.3, 0.4) is 0 Å². The predicted molar refractivity (Wildman–Crippen MR) is 80.8 cm³/mol. The quantitative estimate of drug-likeness (QED) is 0.905. The lowest BCUT2D eigenvalue weighted by Gasteiger charge is -2.24. The molecule has 0 aromatic carbocycles. The van der Waals surface area contributed by atoms with Crippen LogP contribution in [0.5, 0.6) is 0 Å². The monoisotopic (exact) mass is 262 g/mol. The Hall–Kier alpha value is -1.32. The summed E-state index contributed by atoms with van der Waals surface area (Å²) in [4.78, 5) is 11.4. The van der Waals surface area contributed by atoms with E-state index in [4.69, 9.17) is 0 Å². The normalized spacial score (nSPS) is 23.2. The molecular weight excluding hydrogens is 236 g/mol. The molecule has 1 aromatic heterocycles. The van der Waals surface area contributed by atoms with Crippen LogP contribution in [-0.2, 0) is 0 Å². The van der Waals surface area contributed by atoms with Crippen LogP contribution in [0.2, 0.25) is 0 Å². The highest BCUT2D eigenvalue weighted by atomic mass is 15.2. The van der Waals surface area contributed by atoms with Crippen LogP contribution in [-0.4, -0.2) is 29.6 Å². The molecular formula is C15H26N4. The van der Waals surface area contributed by atoms with E-state index < -0.39 is 0 Å². The van der Waals surface area contributed by atoms with Crippen LogP contribution < -0.4 is 10.2 Å². The van der Waals surface area contributed by atoms with Crippen molar-refractivity contribution in [1.29, 1.82) is 0 Å². The van der Waals surface area contributed by atoms with E-state index in [0.717, 1.165) is 43.1 Å². The summed E-state index contributed by atoms with van der Waals surface area (Å²) in [5, 5.41) is 3.37. The molecule has 4 nitrogen and oxygen atoms in total. The van der Waals surface area contributed by atoms with Crippen molar-refractivity contribution >= 4 is 11.6 Å². The Bertz CT molecular complexity index is 420. The van der Waals surface area contributed by atoms with Crippen molar-refractivity contribution in [2.24, 2.45) is 11.8 Å². The first kappa shape index (κ1) is 14.1. The number of nitrogens with one attached hydrogen (secondary N) is 1. The molecule has 106 valence electrons. The second-order valence-electron chi connectivity index (χ2n) is 6.00. The van der Waals surface area contributed by atoms with Gasteiger partial charge in [0.05, 0.1) is 0 Å². The van der Waals surface area contributed by atoms with Gasteiger partial charge in [0, 0.05) is 25.2 Å². The minimum absolute atomic E-state index is 0.427.